The van der Waals surface area contributed by atoms with Gasteiger partial charge in [-0.3, -0.25) is 0 Å². The molecular formula is C10H16O3P+. The van der Waals surface area contributed by atoms with Gasteiger partial charge in [0.15, 0.2) is 0 Å². The Morgan fingerprint density at radius 1 is 0.857 bits per heavy atom. The summed E-state index contributed by atoms with van der Waals surface area (Å²) in [5.74, 6) is 0. The van der Waals surface area contributed by atoms with Crippen molar-refractivity contribution in [2.24, 2.45) is 0 Å². The summed E-state index contributed by atoms with van der Waals surface area (Å²) < 4.78 is 19.5. The maximum absolute atomic E-state index is 10.3. The van der Waals surface area contributed by atoms with Crippen molar-refractivity contribution in [3.8, 4) is 0 Å². The fourth-order valence-corrected chi connectivity index (χ4v) is 1.13. The fraction of sp³-hybridized carbons (Fsp3) is 0.400. The molecular weight excluding hydrogens is 199 g/mol. The van der Waals surface area contributed by atoms with E-state index in [0.717, 1.165) is 0 Å². The molecule has 0 N–H and O–H groups in total. The maximum atomic E-state index is 10.3. The first kappa shape index (κ1) is 13.2. The van der Waals surface area contributed by atoms with E-state index < -0.39 is 8.25 Å². The summed E-state index contributed by atoms with van der Waals surface area (Å²) >= 11 is 0. The van der Waals surface area contributed by atoms with Gasteiger partial charge in [-0.1, -0.05) is 36.4 Å². The van der Waals surface area contributed by atoms with Gasteiger partial charge < -0.3 is 0 Å². The van der Waals surface area contributed by atoms with E-state index in [4.69, 9.17) is 0 Å². The van der Waals surface area contributed by atoms with Crippen LogP contribution in [0.1, 0.15) is 13.8 Å². The first-order valence-corrected chi connectivity index (χ1v) is 5.63. The van der Waals surface area contributed by atoms with Gasteiger partial charge in [-0.25, -0.2) is 0 Å². The van der Waals surface area contributed by atoms with Crippen LogP contribution in [0.5, 0.6) is 0 Å². The quantitative estimate of drug-likeness (QED) is 0.722. The molecule has 0 spiro atoms. The molecule has 0 fully saturated rings. The van der Waals surface area contributed by atoms with E-state index in [0.29, 0.717) is 13.2 Å². The van der Waals surface area contributed by atoms with Crippen molar-refractivity contribution in [3.05, 3.63) is 36.4 Å². The average Bonchev–Trinajstić information content (AvgIpc) is 2.22. The van der Waals surface area contributed by atoms with E-state index in [1.807, 2.05) is 36.4 Å². The molecule has 78 valence electrons. The van der Waals surface area contributed by atoms with Crippen molar-refractivity contribution in [1.29, 1.82) is 0 Å². The molecule has 0 saturated heterocycles. The zero-order chi connectivity index (χ0) is 10.6. The summed E-state index contributed by atoms with van der Waals surface area (Å²) in [6, 6.07) is 12.0. The standard InChI is InChI=1S/C6H6.C4H10O3P/c1-2-4-6-5-3-1;1-3-6-8(5)7-4-2/h1-6H;3-4H2,1-2H3/q;+1. The lowest BCUT2D eigenvalue weighted by Gasteiger charge is -1.78. The molecule has 0 aromatic heterocycles. The van der Waals surface area contributed by atoms with Gasteiger partial charge in [-0.15, -0.1) is 9.05 Å². The third-order valence-electron chi connectivity index (χ3n) is 1.14. The van der Waals surface area contributed by atoms with Crippen LogP contribution in [0.4, 0.5) is 0 Å². The summed E-state index contributed by atoms with van der Waals surface area (Å²) in [6.07, 6.45) is 0. The first-order valence-electron chi connectivity index (χ1n) is 4.54. The van der Waals surface area contributed by atoms with Gasteiger partial charge >= 0.3 is 8.25 Å². The first-order chi connectivity index (χ1) is 6.81. The number of hydrogen-bond acceptors (Lipinski definition) is 3. The lowest BCUT2D eigenvalue weighted by atomic mass is 10.4. The van der Waals surface area contributed by atoms with Crippen LogP contribution in [-0.4, -0.2) is 13.2 Å². The summed E-state index contributed by atoms with van der Waals surface area (Å²) in [5, 5.41) is 0. The topological polar surface area (TPSA) is 35.5 Å². The molecule has 0 aliphatic carbocycles. The Hall–Kier alpha value is -0.760. The molecule has 0 bridgehead atoms. The fourth-order valence-electron chi connectivity index (χ4n) is 0.633. The lowest BCUT2D eigenvalue weighted by Crippen LogP contribution is -1.81. The minimum Gasteiger partial charge on any atom is -0.119 e. The van der Waals surface area contributed by atoms with E-state index in [1.54, 1.807) is 13.8 Å². The molecule has 0 unspecified atom stereocenters. The molecule has 1 rings (SSSR count). The van der Waals surface area contributed by atoms with Crippen molar-refractivity contribution < 1.29 is 13.6 Å². The molecule has 0 heterocycles. The van der Waals surface area contributed by atoms with Crippen LogP contribution in [0, 0.1) is 0 Å². The van der Waals surface area contributed by atoms with Gasteiger partial charge in [0.05, 0.1) is 0 Å². The molecule has 0 saturated carbocycles. The highest BCUT2D eigenvalue weighted by Gasteiger charge is 2.15. The van der Waals surface area contributed by atoms with Crippen molar-refractivity contribution in [1.82, 2.24) is 0 Å². The molecule has 4 heteroatoms. The highest BCUT2D eigenvalue weighted by molar-refractivity contribution is 7.33. The molecule has 3 nitrogen and oxygen atoms in total. The van der Waals surface area contributed by atoms with Crippen LogP contribution in [0.3, 0.4) is 0 Å². The second kappa shape index (κ2) is 10.3. The zero-order valence-electron chi connectivity index (χ0n) is 8.55. The summed E-state index contributed by atoms with van der Waals surface area (Å²) in [5.41, 5.74) is 0. The molecule has 0 atom stereocenters. The normalized spacial score (nSPS) is 8.71. The Balaban J connectivity index is 0.000000249. The van der Waals surface area contributed by atoms with Gasteiger partial charge in [0.1, 0.15) is 13.2 Å². The van der Waals surface area contributed by atoms with Gasteiger partial charge in [-0.05, 0) is 13.8 Å². The van der Waals surface area contributed by atoms with Gasteiger partial charge in [0.2, 0.25) is 0 Å². The summed E-state index contributed by atoms with van der Waals surface area (Å²) in [6.45, 7) is 4.42. The minimum absolute atomic E-state index is 0.440. The number of benzene rings is 1. The van der Waals surface area contributed by atoms with Crippen LogP contribution < -0.4 is 0 Å². The second-order valence-corrected chi connectivity index (χ2v) is 3.18. The second-order valence-electron chi connectivity index (χ2n) is 2.21. The molecule has 0 radical (unpaired) electrons. The minimum atomic E-state index is -1.83. The van der Waals surface area contributed by atoms with Gasteiger partial charge in [0.25, 0.3) is 0 Å². The Bertz CT molecular complexity index is 191. The Kier molecular flexibility index (Phi) is 9.76. The van der Waals surface area contributed by atoms with Crippen LogP contribution in [0.15, 0.2) is 36.4 Å². The predicted octanol–water partition coefficient (Wildman–Crippen LogP) is 3.40. The van der Waals surface area contributed by atoms with Crippen molar-refractivity contribution in [2.75, 3.05) is 13.2 Å². The van der Waals surface area contributed by atoms with E-state index in [2.05, 4.69) is 9.05 Å². The Labute approximate surface area is 86.0 Å². The van der Waals surface area contributed by atoms with E-state index in [-0.39, 0.29) is 0 Å². The van der Waals surface area contributed by atoms with E-state index in [9.17, 15) is 4.57 Å². The van der Waals surface area contributed by atoms with Crippen molar-refractivity contribution in [2.45, 2.75) is 13.8 Å². The third kappa shape index (κ3) is 9.33. The molecule has 0 aliphatic rings. The predicted molar refractivity (Wildman–Crippen MR) is 57.3 cm³/mol. The lowest BCUT2D eigenvalue weighted by molar-refractivity contribution is 0.243. The Morgan fingerprint density at radius 2 is 1.14 bits per heavy atom. The molecule has 14 heavy (non-hydrogen) atoms. The average molecular weight is 215 g/mol. The van der Waals surface area contributed by atoms with E-state index >= 15 is 0 Å². The van der Waals surface area contributed by atoms with Crippen molar-refractivity contribution >= 4 is 8.25 Å². The largest absolute Gasteiger partial charge is 0.697 e. The summed E-state index contributed by atoms with van der Waals surface area (Å²) in [4.78, 5) is 0. The summed E-state index contributed by atoms with van der Waals surface area (Å²) in [7, 11) is -1.83. The SMILES string of the molecule is CCO[P+](=O)OCC.c1ccccc1. The van der Waals surface area contributed by atoms with Crippen LogP contribution in [0.25, 0.3) is 0 Å². The molecule has 0 amide bonds. The van der Waals surface area contributed by atoms with Gasteiger partial charge in [-0.2, -0.15) is 0 Å². The van der Waals surface area contributed by atoms with Crippen LogP contribution in [-0.2, 0) is 13.6 Å². The molecule has 0 aliphatic heterocycles. The monoisotopic (exact) mass is 215 g/mol. The Morgan fingerprint density at radius 3 is 1.36 bits per heavy atom. The van der Waals surface area contributed by atoms with E-state index in [1.165, 1.54) is 0 Å². The maximum Gasteiger partial charge on any atom is 0.697 e. The number of hydrogen-bond donors (Lipinski definition) is 0. The van der Waals surface area contributed by atoms with Crippen LogP contribution in [0.2, 0.25) is 0 Å². The zero-order valence-corrected chi connectivity index (χ0v) is 9.44. The molecule has 1 aromatic carbocycles. The van der Waals surface area contributed by atoms with Crippen molar-refractivity contribution in [3.63, 3.8) is 0 Å². The highest BCUT2D eigenvalue weighted by Crippen LogP contribution is 2.21. The van der Waals surface area contributed by atoms with Gasteiger partial charge in [0, 0.05) is 4.57 Å². The third-order valence-corrected chi connectivity index (χ3v) is 2.07. The number of rotatable bonds is 4. The smallest absolute Gasteiger partial charge is 0.119 e. The highest BCUT2D eigenvalue weighted by atomic mass is 31.1. The van der Waals surface area contributed by atoms with Crippen LogP contribution >= 0.6 is 8.25 Å². The molecule has 1 aromatic rings.